The number of halogens is 3. The van der Waals surface area contributed by atoms with Crippen molar-refractivity contribution in [2.24, 2.45) is 0 Å². The van der Waals surface area contributed by atoms with Gasteiger partial charge in [-0.15, -0.1) is 0 Å². The summed E-state index contributed by atoms with van der Waals surface area (Å²) < 4.78 is 38.5. The number of anilines is 1. The zero-order valence-electron chi connectivity index (χ0n) is 14.1. The molecule has 1 aromatic heterocycles. The lowest BCUT2D eigenvalue weighted by Crippen LogP contribution is -2.26. The van der Waals surface area contributed by atoms with E-state index in [0.717, 1.165) is 42.2 Å². The number of H-pyrrole nitrogens is 1. The van der Waals surface area contributed by atoms with E-state index in [1.54, 1.807) is 12.3 Å². The van der Waals surface area contributed by atoms with Gasteiger partial charge in [-0.05, 0) is 36.2 Å². The summed E-state index contributed by atoms with van der Waals surface area (Å²) in [7, 11) is 0. The zero-order chi connectivity index (χ0) is 18.1. The molecule has 2 heterocycles. The number of aromatic amines is 1. The van der Waals surface area contributed by atoms with Gasteiger partial charge < -0.3 is 5.32 Å². The molecule has 0 aliphatic carbocycles. The van der Waals surface area contributed by atoms with Crippen molar-refractivity contribution in [2.75, 3.05) is 18.4 Å². The molecule has 1 saturated heterocycles. The molecule has 1 unspecified atom stereocenters. The van der Waals surface area contributed by atoms with Crippen molar-refractivity contribution < 1.29 is 13.2 Å². The van der Waals surface area contributed by atoms with E-state index in [2.05, 4.69) is 20.4 Å². The minimum Gasteiger partial charge on any atom is -0.381 e. The third-order valence-corrected chi connectivity index (χ3v) is 4.74. The molecule has 0 saturated carbocycles. The lowest BCUT2D eigenvalue weighted by atomic mass is 10.1. The van der Waals surface area contributed by atoms with Gasteiger partial charge in [0, 0.05) is 36.7 Å². The molecule has 136 valence electrons. The Kier molecular flexibility index (Phi) is 4.32. The molecule has 2 aromatic carbocycles. The molecule has 1 aliphatic heterocycles. The Morgan fingerprint density at radius 1 is 1.19 bits per heavy atom. The highest BCUT2D eigenvalue weighted by Gasteiger charge is 2.30. The summed E-state index contributed by atoms with van der Waals surface area (Å²) in [5.74, 6) is 0. The maximum atomic E-state index is 12.8. The second-order valence-electron chi connectivity index (χ2n) is 6.74. The van der Waals surface area contributed by atoms with Crippen molar-refractivity contribution in [3.8, 4) is 0 Å². The van der Waals surface area contributed by atoms with Crippen molar-refractivity contribution in [1.29, 1.82) is 0 Å². The van der Waals surface area contributed by atoms with Gasteiger partial charge >= 0.3 is 6.18 Å². The van der Waals surface area contributed by atoms with Crippen LogP contribution in [0.2, 0.25) is 0 Å². The minimum absolute atomic E-state index is 0.283. The molecule has 0 bridgehead atoms. The summed E-state index contributed by atoms with van der Waals surface area (Å²) in [6.07, 6.45) is -1.55. The average Bonchev–Trinajstić information content (AvgIpc) is 3.23. The standard InChI is InChI=1S/C19H19F3N4/c20-19(21,22)15-3-1-2-13(8-15)11-26-7-6-17(12-26)24-16-4-5-18-14(9-16)10-23-25-18/h1-5,8-10,17,24H,6-7,11-12H2,(H,23,25). The van der Waals surface area contributed by atoms with Crippen LogP contribution in [-0.4, -0.2) is 34.2 Å². The van der Waals surface area contributed by atoms with Crippen LogP contribution in [0.4, 0.5) is 18.9 Å². The van der Waals surface area contributed by atoms with E-state index >= 15 is 0 Å². The SMILES string of the molecule is FC(F)(F)c1cccc(CN2CCC(Nc3ccc4[nH]ncc4c3)C2)c1. The van der Waals surface area contributed by atoms with Crippen LogP contribution in [0.25, 0.3) is 10.9 Å². The summed E-state index contributed by atoms with van der Waals surface area (Å²) >= 11 is 0. The molecular formula is C19H19F3N4. The summed E-state index contributed by atoms with van der Waals surface area (Å²) in [6.45, 7) is 2.20. The number of fused-ring (bicyclic) bond motifs is 1. The Morgan fingerprint density at radius 3 is 2.92 bits per heavy atom. The smallest absolute Gasteiger partial charge is 0.381 e. The molecule has 0 radical (unpaired) electrons. The molecule has 2 N–H and O–H groups in total. The fourth-order valence-corrected chi connectivity index (χ4v) is 3.47. The largest absolute Gasteiger partial charge is 0.416 e. The Balaban J connectivity index is 1.38. The van der Waals surface area contributed by atoms with Gasteiger partial charge in [0.15, 0.2) is 0 Å². The second-order valence-corrected chi connectivity index (χ2v) is 6.74. The third kappa shape index (κ3) is 3.67. The molecular weight excluding hydrogens is 341 g/mol. The molecule has 4 nitrogen and oxygen atoms in total. The van der Waals surface area contributed by atoms with Crippen LogP contribution >= 0.6 is 0 Å². The maximum Gasteiger partial charge on any atom is 0.416 e. The van der Waals surface area contributed by atoms with E-state index in [1.807, 2.05) is 18.2 Å². The second kappa shape index (κ2) is 6.64. The zero-order valence-corrected chi connectivity index (χ0v) is 14.1. The number of alkyl halides is 3. The van der Waals surface area contributed by atoms with Gasteiger partial charge in [-0.1, -0.05) is 18.2 Å². The molecule has 4 rings (SSSR count). The summed E-state index contributed by atoms with van der Waals surface area (Å²) in [4.78, 5) is 2.18. The quantitative estimate of drug-likeness (QED) is 0.730. The first-order valence-electron chi connectivity index (χ1n) is 8.55. The van der Waals surface area contributed by atoms with Gasteiger partial charge in [-0.25, -0.2) is 0 Å². The van der Waals surface area contributed by atoms with Gasteiger partial charge in [-0.3, -0.25) is 10.00 Å². The van der Waals surface area contributed by atoms with E-state index < -0.39 is 11.7 Å². The molecule has 26 heavy (non-hydrogen) atoms. The first kappa shape index (κ1) is 16.9. The predicted octanol–water partition coefficient (Wildman–Crippen LogP) is 4.27. The highest BCUT2D eigenvalue weighted by molar-refractivity contribution is 5.81. The molecule has 3 aromatic rings. The molecule has 1 aliphatic rings. The van der Waals surface area contributed by atoms with Gasteiger partial charge in [0.05, 0.1) is 17.3 Å². The monoisotopic (exact) mass is 360 g/mol. The minimum atomic E-state index is -4.29. The van der Waals surface area contributed by atoms with Crippen LogP contribution in [-0.2, 0) is 12.7 Å². The van der Waals surface area contributed by atoms with Crippen molar-refractivity contribution in [1.82, 2.24) is 15.1 Å². The van der Waals surface area contributed by atoms with E-state index in [9.17, 15) is 13.2 Å². The lowest BCUT2D eigenvalue weighted by Gasteiger charge is -2.18. The van der Waals surface area contributed by atoms with E-state index in [1.165, 1.54) is 12.1 Å². The molecule has 0 amide bonds. The average molecular weight is 360 g/mol. The number of rotatable bonds is 4. The molecule has 7 heteroatoms. The highest BCUT2D eigenvalue weighted by Crippen LogP contribution is 2.30. The number of hydrogen-bond donors (Lipinski definition) is 2. The van der Waals surface area contributed by atoms with Gasteiger partial charge in [0.2, 0.25) is 0 Å². The Bertz CT molecular complexity index is 903. The fraction of sp³-hybridized carbons (Fsp3) is 0.316. The summed E-state index contributed by atoms with van der Waals surface area (Å²) in [5, 5.41) is 11.5. The number of hydrogen-bond acceptors (Lipinski definition) is 3. The summed E-state index contributed by atoms with van der Waals surface area (Å²) in [5.41, 5.74) is 2.13. The normalized spacial score (nSPS) is 18.5. The van der Waals surface area contributed by atoms with Crippen LogP contribution in [0.15, 0.2) is 48.7 Å². The van der Waals surface area contributed by atoms with Gasteiger partial charge in [0.1, 0.15) is 0 Å². The van der Waals surface area contributed by atoms with E-state index in [0.29, 0.717) is 12.1 Å². The van der Waals surface area contributed by atoms with Crippen molar-refractivity contribution in [2.45, 2.75) is 25.2 Å². The predicted molar refractivity (Wildman–Crippen MR) is 94.8 cm³/mol. The number of nitrogens with zero attached hydrogens (tertiary/aromatic N) is 2. The van der Waals surface area contributed by atoms with E-state index in [4.69, 9.17) is 0 Å². The number of benzene rings is 2. The molecule has 1 atom stereocenters. The van der Waals surface area contributed by atoms with E-state index in [-0.39, 0.29) is 6.04 Å². The lowest BCUT2D eigenvalue weighted by molar-refractivity contribution is -0.137. The Hall–Kier alpha value is -2.54. The van der Waals surface area contributed by atoms with Gasteiger partial charge in [0.25, 0.3) is 0 Å². The number of aromatic nitrogens is 2. The van der Waals surface area contributed by atoms with Crippen molar-refractivity contribution in [3.05, 3.63) is 59.8 Å². The number of likely N-dealkylation sites (tertiary alicyclic amines) is 1. The topological polar surface area (TPSA) is 44.0 Å². The molecule has 0 spiro atoms. The Labute approximate surface area is 149 Å². The van der Waals surface area contributed by atoms with Crippen LogP contribution in [0.5, 0.6) is 0 Å². The van der Waals surface area contributed by atoms with Crippen LogP contribution < -0.4 is 5.32 Å². The number of nitrogens with one attached hydrogen (secondary N) is 2. The highest BCUT2D eigenvalue weighted by atomic mass is 19.4. The summed E-state index contributed by atoms with van der Waals surface area (Å²) in [6, 6.07) is 11.9. The maximum absolute atomic E-state index is 12.8. The fourth-order valence-electron chi connectivity index (χ4n) is 3.47. The van der Waals surface area contributed by atoms with Crippen molar-refractivity contribution >= 4 is 16.6 Å². The van der Waals surface area contributed by atoms with Crippen molar-refractivity contribution in [3.63, 3.8) is 0 Å². The first-order chi connectivity index (χ1) is 12.5. The van der Waals surface area contributed by atoms with Crippen LogP contribution in [0, 0.1) is 0 Å². The van der Waals surface area contributed by atoms with Gasteiger partial charge in [-0.2, -0.15) is 18.3 Å². The molecule has 1 fully saturated rings. The Morgan fingerprint density at radius 2 is 2.08 bits per heavy atom. The van der Waals surface area contributed by atoms with Crippen LogP contribution in [0.1, 0.15) is 17.5 Å². The third-order valence-electron chi connectivity index (χ3n) is 4.74. The van der Waals surface area contributed by atoms with Crippen LogP contribution in [0.3, 0.4) is 0 Å². The first-order valence-corrected chi connectivity index (χ1v) is 8.55.